The Bertz CT molecular complexity index is 258. The van der Waals surface area contributed by atoms with Crippen LogP contribution in [0.15, 0.2) is 30.3 Å². The number of rotatable bonds is 3. The normalized spacial score (nSPS) is 10.8. The highest BCUT2D eigenvalue weighted by molar-refractivity contribution is 5.53. The maximum atomic E-state index is 2.21. The lowest BCUT2D eigenvalue weighted by molar-refractivity contribution is 0.919. The molecule has 0 unspecified atom stereocenters. The van der Waals surface area contributed by atoms with E-state index < -0.39 is 0 Å². The summed E-state index contributed by atoms with van der Waals surface area (Å²) in [4.78, 5) is 0. The van der Waals surface area contributed by atoms with Crippen molar-refractivity contribution in [1.29, 1.82) is 0 Å². The van der Waals surface area contributed by atoms with Crippen LogP contribution in [0.2, 0.25) is 0 Å². The van der Waals surface area contributed by atoms with Gasteiger partial charge in [0.2, 0.25) is 0 Å². The van der Waals surface area contributed by atoms with Crippen LogP contribution < -0.4 is 0 Å². The van der Waals surface area contributed by atoms with Crippen molar-refractivity contribution in [2.24, 2.45) is 0 Å². The highest BCUT2D eigenvalue weighted by Gasteiger charge is 1.95. The number of aryl methyl sites for hydroxylation is 1. The third kappa shape index (κ3) is 2.23. The minimum Gasteiger partial charge on any atom is -0.0871 e. The van der Waals surface area contributed by atoms with E-state index in [2.05, 4.69) is 50.3 Å². The number of allylic oxidation sites excluding steroid dienone is 1. The van der Waals surface area contributed by atoms with Gasteiger partial charge in [-0.1, -0.05) is 49.8 Å². The molecule has 0 heteroatoms. The van der Waals surface area contributed by atoms with E-state index in [9.17, 15) is 0 Å². The molecule has 64 valence electrons. The first kappa shape index (κ1) is 9.05. The van der Waals surface area contributed by atoms with Crippen LogP contribution in [0.5, 0.6) is 0 Å². The monoisotopic (exact) mass is 160 g/mol. The summed E-state index contributed by atoms with van der Waals surface area (Å²) in [6, 6.07) is 8.58. The lowest BCUT2D eigenvalue weighted by Crippen LogP contribution is -1.86. The van der Waals surface area contributed by atoms with Crippen LogP contribution in [-0.2, 0) is 6.42 Å². The molecule has 0 spiro atoms. The van der Waals surface area contributed by atoms with Gasteiger partial charge in [0, 0.05) is 0 Å². The Morgan fingerprint density at radius 1 is 1.25 bits per heavy atom. The van der Waals surface area contributed by atoms with Crippen LogP contribution in [0.25, 0.3) is 6.08 Å². The standard InChI is InChI=1S/C12H16/c1-3-7-11-9-5-6-10-12(11)8-4-2/h3,5-7,9-10H,4,8H2,1-2H3/b7-3+. The zero-order chi connectivity index (χ0) is 8.81. The van der Waals surface area contributed by atoms with Crippen molar-refractivity contribution in [2.75, 3.05) is 0 Å². The first-order chi connectivity index (χ1) is 5.88. The fourth-order valence-corrected chi connectivity index (χ4v) is 1.37. The third-order valence-corrected chi connectivity index (χ3v) is 1.92. The van der Waals surface area contributed by atoms with Crippen LogP contribution in [-0.4, -0.2) is 0 Å². The van der Waals surface area contributed by atoms with Gasteiger partial charge in [-0.05, 0) is 24.5 Å². The molecule has 0 aliphatic heterocycles. The van der Waals surface area contributed by atoms with Crippen molar-refractivity contribution >= 4 is 6.08 Å². The second kappa shape index (κ2) is 4.76. The molecular formula is C12H16. The van der Waals surface area contributed by atoms with Crippen molar-refractivity contribution < 1.29 is 0 Å². The van der Waals surface area contributed by atoms with Crippen molar-refractivity contribution in [1.82, 2.24) is 0 Å². The summed E-state index contributed by atoms with van der Waals surface area (Å²) in [5, 5.41) is 0. The molecule has 12 heavy (non-hydrogen) atoms. The van der Waals surface area contributed by atoms with Gasteiger partial charge in [-0.3, -0.25) is 0 Å². The number of hydrogen-bond acceptors (Lipinski definition) is 0. The third-order valence-electron chi connectivity index (χ3n) is 1.92. The Hall–Kier alpha value is -1.04. The molecule has 0 aliphatic carbocycles. The Kier molecular flexibility index (Phi) is 3.59. The lowest BCUT2D eigenvalue weighted by Gasteiger charge is -2.02. The Morgan fingerprint density at radius 3 is 2.67 bits per heavy atom. The van der Waals surface area contributed by atoms with Crippen LogP contribution in [0.3, 0.4) is 0 Å². The minimum absolute atomic E-state index is 1.18. The van der Waals surface area contributed by atoms with Gasteiger partial charge < -0.3 is 0 Å². The summed E-state index contributed by atoms with van der Waals surface area (Å²) >= 11 is 0. The summed E-state index contributed by atoms with van der Waals surface area (Å²) in [6.07, 6.45) is 6.66. The maximum absolute atomic E-state index is 2.21. The summed E-state index contributed by atoms with van der Waals surface area (Å²) in [6.45, 7) is 4.27. The quantitative estimate of drug-likeness (QED) is 0.633. The van der Waals surface area contributed by atoms with Crippen molar-refractivity contribution in [3.05, 3.63) is 41.5 Å². The fraction of sp³-hybridized carbons (Fsp3) is 0.333. The van der Waals surface area contributed by atoms with E-state index in [4.69, 9.17) is 0 Å². The van der Waals surface area contributed by atoms with E-state index in [1.54, 1.807) is 0 Å². The number of hydrogen-bond donors (Lipinski definition) is 0. The largest absolute Gasteiger partial charge is 0.0871 e. The summed E-state index contributed by atoms with van der Waals surface area (Å²) < 4.78 is 0. The van der Waals surface area contributed by atoms with E-state index >= 15 is 0 Å². The zero-order valence-electron chi connectivity index (χ0n) is 7.88. The highest BCUT2D eigenvalue weighted by Crippen LogP contribution is 2.12. The maximum Gasteiger partial charge on any atom is -0.0228 e. The first-order valence-electron chi connectivity index (χ1n) is 4.59. The summed E-state index contributed by atoms with van der Waals surface area (Å²) in [5.74, 6) is 0. The molecule has 0 heterocycles. The molecule has 0 aliphatic rings. The number of benzene rings is 1. The van der Waals surface area contributed by atoms with Gasteiger partial charge in [0.15, 0.2) is 0 Å². The highest BCUT2D eigenvalue weighted by atomic mass is 14.0. The van der Waals surface area contributed by atoms with E-state index in [0.29, 0.717) is 0 Å². The zero-order valence-corrected chi connectivity index (χ0v) is 7.88. The second-order valence-electron chi connectivity index (χ2n) is 2.95. The van der Waals surface area contributed by atoms with Crippen LogP contribution in [0, 0.1) is 0 Å². The van der Waals surface area contributed by atoms with Crippen molar-refractivity contribution in [2.45, 2.75) is 26.7 Å². The van der Waals surface area contributed by atoms with Gasteiger partial charge in [-0.15, -0.1) is 0 Å². The van der Waals surface area contributed by atoms with Crippen molar-refractivity contribution in [3.8, 4) is 0 Å². The van der Waals surface area contributed by atoms with Gasteiger partial charge in [0.05, 0.1) is 0 Å². The Balaban J connectivity index is 2.91. The fourth-order valence-electron chi connectivity index (χ4n) is 1.37. The van der Waals surface area contributed by atoms with Gasteiger partial charge in [-0.25, -0.2) is 0 Å². The van der Waals surface area contributed by atoms with E-state index in [-0.39, 0.29) is 0 Å². The molecule has 0 aromatic heterocycles. The Labute approximate surface area is 74.9 Å². The van der Waals surface area contributed by atoms with Gasteiger partial charge >= 0.3 is 0 Å². The second-order valence-corrected chi connectivity index (χ2v) is 2.95. The average molecular weight is 160 g/mol. The molecule has 0 saturated heterocycles. The lowest BCUT2D eigenvalue weighted by atomic mass is 10.0. The average Bonchev–Trinajstić information content (AvgIpc) is 2.09. The predicted octanol–water partition coefficient (Wildman–Crippen LogP) is 3.67. The van der Waals surface area contributed by atoms with Crippen LogP contribution >= 0.6 is 0 Å². The molecule has 1 aromatic carbocycles. The molecule has 0 N–H and O–H groups in total. The molecule has 1 rings (SSSR count). The van der Waals surface area contributed by atoms with Crippen LogP contribution in [0.1, 0.15) is 31.4 Å². The van der Waals surface area contributed by atoms with Crippen molar-refractivity contribution in [3.63, 3.8) is 0 Å². The van der Waals surface area contributed by atoms with Gasteiger partial charge in [0.25, 0.3) is 0 Å². The topological polar surface area (TPSA) is 0 Å². The molecule has 0 radical (unpaired) electrons. The molecule has 0 atom stereocenters. The van der Waals surface area contributed by atoms with Gasteiger partial charge in [0.1, 0.15) is 0 Å². The Morgan fingerprint density at radius 2 is 2.00 bits per heavy atom. The molecule has 0 nitrogen and oxygen atoms in total. The minimum atomic E-state index is 1.18. The predicted molar refractivity (Wildman–Crippen MR) is 55.1 cm³/mol. The SMILES string of the molecule is C/C=C/c1ccccc1CCC. The molecule has 0 fully saturated rings. The summed E-state index contributed by atoms with van der Waals surface area (Å²) in [5.41, 5.74) is 2.82. The molecule has 0 amide bonds. The van der Waals surface area contributed by atoms with Gasteiger partial charge in [-0.2, -0.15) is 0 Å². The molecule has 0 saturated carbocycles. The smallest absolute Gasteiger partial charge is 0.0228 e. The molecular weight excluding hydrogens is 144 g/mol. The van der Waals surface area contributed by atoms with E-state index in [1.807, 2.05) is 0 Å². The molecule has 1 aromatic rings. The van der Waals surface area contributed by atoms with E-state index in [1.165, 1.54) is 24.0 Å². The summed E-state index contributed by atoms with van der Waals surface area (Å²) in [7, 11) is 0. The van der Waals surface area contributed by atoms with Crippen LogP contribution in [0.4, 0.5) is 0 Å². The van der Waals surface area contributed by atoms with E-state index in [0.717, 1.165) is 0 Å². The molecule has 0 bridgehead atoms. The first-order valence-corrected chi connectivity index (χ1v) is 4.59.